The van der Waals surface area contributed by atoms with E-state index in [9.17, 15) is 13.2 Å². The quantitative estimate of drug-likeness (QED) is 0.688. The van der Waals surface area contributed by atoms with Crippen molar-refractivity contribution < 1.29 is 13.2 Å². The number of amides is 1. The maximum atomic E-state index is 12.7. The molecule has 142 valence electrons. The molecule has 0 unspecified atom stereocenters. The van der Waals surface area contributed by atoms with Crippen molar-refractivity contribution in [2.75, 3.05) is 13.1 Å². The summed E-state index contributed by atoms with van der Waals surface area (Å²) in [4.78, 5) is 13.6. The summed E-state index contributed by atoms with van der Waals surface area (Å²) >= 11 is 1.61. The maximum absolute atomic E-state index is 12.7. The molecule has 0 bridgehead atoms. The predicted octanol–water partition coefficient (Wildman–Crippen LogP) is 2.80. The van der Waals surface area contributed by atoms with Crippen molar-refractivity contribution in [3.05, 3.63) is 52.9 Å². The molecule has 6 nitrogen and oxygen atoms in total. The Balaban J connectivity index is 1.49. The van der Waals surface area contributed by atoms with Crippen molar-refractivity contribution in [3.63, 3.8) is 0 Å². The summed E-state index contributed by atoms with van der Waals surface area (Å²) < 4.78 is 28.8. The van der Waals surface area contributed by atoms with Crippen LogP contribution in [0.2, 0.25) is 0 Å². The number of hydrogen-bond donors (Lipinski definition) is 1. The fourth-order valence-corrected chi connectivity index (χ4v) is 5.56. The number of thiophene rings is 1. The molecule has 0 spiro atoms. The number of carbonyl (C=O) groups is 1. The van der Waals surface area contributed by atoms with Crippen molar-refractivity contribution in [1.29, 1.82) is 0 Å². The molecule has 1 aliphatic heterocycles. The predicted molar refractivity (Wildman–Crippen MR) is 106 cm³/mol. The molecule has 1 amide bonds. The number of sulfonamides is 1. The topological polar surface area (TPSA) is 71.4 Å². The Bertz CT molecular complexity index is 1050. The molecule has 1 saturated heterocycles. The monoisotopic (exact) mass is 403 g/mol. The summed E-state index contributed by atoms with van der Waals surface area (Å²) in [6.45, 7) is 1.90. The van der Waals surface area contributed by atoms with Gasteiger partial charge in [-0.25, -0.2) is 8.42 Å². The molecule has 3 aromatic rings. The number of nitrogens with zero attached hydrogens (tertiary/aromatic N) is 2. The van der Waals surface area contributed by atoms with Gasteiger partial charge in [0, 0.05) is 35.1 Å². The molecule has 3 heterocycles. The van der Waals surface area contributed by atoms with Gasteiger partial charge in [0.2, 0.25) is 15.9 Å². The van der Waals surface area contributed by atoms with Crippen LogP contribution in [0.25, 0.3) is 10.9 Å². The summed E-state index contributed by atoms with van der Waals surface area (Å²) in [7, 11) is -3.43. The highest BCUT2D eigenvalue weighted by molar-refractivity contribution is 7.89. The van der Waals surface area contributed by atoms with E-state index in [1.807, 2.05) is 34.3 Å². The van der Waals surface area contributed by atoms with Gasteiger partial charge in [0.15, 0.2) is 0 Å². The van der Waals surface area contributed by atoms with Crippen LogP contribution in [0.3, 0.4) is 0 Å². The first kappa shape index (κ1) is 18.2. The number of aromatic nitrogens is 1. The average Bonchev–Trinajstić information content (AvgIpc) is 3.41. The van der Waals surface area contributed by atoms with Crippen molar-refractivity contribution >= 4 is 38.2 Å². The first-order valence-electron chi connectivity index (χ1n) is 8.92. The zero-order valence-corrected chi connectivity index (χ0v) is 16.4. The highest BCUT2D eigenvalue weighted by atomic mass is 32.2. The Labute approximate surface area is 162 Å². The third-order valence-electron chi connectivity index (χ3n) is 4.80. The summed E-state index contributed by atoms with van der Waals surface area (Å²) in [5.74, 6) is -0.0744. The molecule has 1 fully saturated rings. The molecule has 0 radical (unpaired) electrons. The molecule has 8 heteroatoms. The van der Waals surface area contributed by atoms with E-state index in [2.05, 4.69) is 5.32 Å². The second-order valence-corrected chi connectivity index (χ2v) is 9.60. The standard InChI is InChI=1S/C19H21N3O3S2/c23-19(20-13-16-4-3-11-26-16)14-21-10-7-15-12-17(5-6-18(15)21)27(24,25)22-8-1-2-9-22/h3-7,10-12H,1-2,8-9,13-14H2,(H,20,23). The van der Waals surface area contributed by atoms with Crippen molar-refractivity contribution in [2.24, 2.45) is 0 Å². The van der Waals surface area contributed by atoms with E-state index in [-0.39, 0.29) is 12.5 Å². The minimum Gasteiger partial charge on any atom is -0.350 e. The maximum Gasteiger partial charge on any atom is 0.243 e. The molecule has 27 heavy (non-hydrogen) atoms. The van der Waals surface area contributed by atoms with Gasteiger partial charge in [-0.05, 0) is 48.6 Å². The van der Waals surface area contributed by atoms with Crippen LogP contribution in [0, 0.1) is 0 Å². The lowest BCUT2D eigenvalue weighted by Crippen LogP contribution is -2.27. The molecule has 1 aromatic carbocycles. The number of benzene rings is 1. The Morgan fingerprint density at radius 1 is 1.15 bits per heavy atom. The Hall–Kier alpha value is -2.16. The Morgan fingerprint density at radius 2 is 1.96 bits per heavy atom. The largest absolute Gasteiger partial charge is 0.350 e. The fourth-order valence-electron chi connectivity index (χ4n) is 3.36. The van der Waals surface area contributed by atoms with Crippen LogP contribution in [0.4, 0.5) is 0 Å². The van der Waals surface area contributed by atoms with Crippen LogP contribution < -0.4 is 5.32 Å². The van der Waals surface area contributed by atoms with Gasteiger partial charge in [-0.1, -0.05) is 6.07 Å². The van der Waals surface area contributed by atoms with Crippen LogP contribution in [0.15, 0.2) is 52.9 Å². The van der Waals surface area contributed by atoms with E-state index in [1.165, 1.54) is 0 Å². The van der Waals surface area contributed by atoms with Gasteiger partial charge in [0.25, 0.3) is 0 Å². The first-order valence-corrected chi connectivity index (χ1v) is 11.2. The van der Waals surface area contributed by atoms with E-state index in [0.717, 1.165) is 28.6 Å². The SMILES string of the molecule is O=C(Cn1ccc2cc(S(=O)(=O)N3CCCC3)ccc21)NCc1cccs1. The van der Waals surface area contributed by atoms with Crippen LogP contribution in [-0.4, -0.2) is 36.3 Å². The third kappa shape index (κ3) is 3.78. The number of nitrogens with one attached hydrogen (secondary N) is 1. The molecule has 2 aromatic heterocycles. The third-order valence-corrected chi connectivity index (χ3v) is 7.57. The minimum absolute atomic E-state index is 0.0744. The molecule has 0 atom stereocenters. The smallest absolute Gasteiger partial charge is 0.243 e. The zero-order valence-electron chi connectivity index (χ0n) is 14.8. The second-order valence-electron chi connectivity index (χ2n) is 6.63. The Kier molecular flexibility index (Phi) is 5.03. The average molecular weight is 404 g/mol. The highest BCUT2D eigenvalue weighted by Crippen LogP contribution is 2.25. The lowest BCUT2D eigenvalue weighted by molar-refractivity contribution is -0.121. The van der Waals surface area contributed by atoms with Crippen LogP contribution >= 0.6 is 11.3 Å². The normalized spacial score (nSPS) is 15.4. The van der Waals surface area contributed by atoms with Gasteiger partial charge in [0.05, 0.1) is 11.4 Å². The molecule has 1 N–H and O–H groups in total. The molecular formula is C19H21N3O3S2. The van der Waals surface area contributed by atoms with Gasteiger partial charge >= 0.3 is 0 Å². The number of rotatable bonds is 6. The molecule has 1 aliphatic rings. The van der Waals surface area contributed by atoms with E-state index >= 15 is 0 Å². The fraction of sp³-hybridized carbons (Fsp3) is 0.316. The zero-order chi connectivity index (χ0) is 18.9. The second kappa shape index (κ2) is 7.46. The van der Waals surface area contributed by atoms with Gasteiger partial charge < -0.3 is 9.88 Å². The van der Waals surface area contributed by atoms with Crippen LogP contribution in [-0.2, 0) is 27.9 Å². The van der Waals surface area contributed by atoms with Crippen LogP contribution in [0.5, 0.6) is 0 Å². The summed E-state index contributed by atoms with van der Waals surface area (Å²) in [5, 5.41) is 5.71. The minimum atomic E-state index is -3.43. The summed E-state index contributed by atoms with van der Waals surface area (Å²) in [6, 6.07) is 10.9. The van der Waals surface area contributed by atoms with E-state index in [4.69, 9.17) is 0 Å². The molecular weight excluding hydrogens is 382 g/mol. The van der Waals surface area contributed by atoms with Crippen molar-refractivity contribution in [2.45, 2.75) is 30.8 Å². The number of carbonyl (C=O) groups excluding carboxylic acids is 1. The van der Waals surface area contributed by atoms with E-state index in [1.54, 1.807) is 33.8 Å². The van der Waals surface area contributed by atoms with Crippen LogP contribution in [0.1, 0.15) is 17.7 Å². The summed E-state index contributed by atoms with van der Waals surface area (Å²) in [6.07, 6.45) is 3.65. The lowest BCUT2D eigenvalue weighted by Gasteiger charge is -2.15. The Morgan fingerprint density at radius 3 is 2.70 bits per heavy atom. The highest BCUT2D eigenvalue weighted by Gasteiger charge is 2.27. The van der Waals surface area contributed by atoms with E-state index in [0.29, 0.717) is 24.5 Å². The number of hydrogen-bond acceptors (Lipinski definition) is 4. The summed E-state index contributed by atoms with van der Waals surface area (Å²) in [5.41, 5.74) is 0.849. The van der Waals surface area contributed by atoms with Crippen molar-refractivity contribution in [1.82, 2.24) is 14.2 Å². The van der Waals surface area contributed by atoms with Gasteiger partial charge in [-0.3, -0.25) is 4.79 Å². The first-order chi connectivity index (χ1) is 13.0. The van der Waals surface area contributed by atoms with Gasteiger partial charge in [0.1, 0.15) is 6.54 Å². The van der Waals surface area contributed by atoms with Gasteiger partial charge in [-0.2, -0.15) is 4.31 Å². The number of fused-ring (bicyclic) bond motifs is 1. The van der Waals surface area contributed by atoms with E-state index < -0.39 is 10.0 Å². The molecule has 0 saturated carbocycles. The molecule has 0 aliphatic carbocycles. The van der Waals surface area contributed by atoms with Crippen molar-refractivity contribution in [3.8, 4) is 0 Å². The lowest BCUT2D eigenvalue weighted by atomic mass is 10.2. The van der Waals surface area contributed by atoms with Gasteiger partial charge in [-0.15, -0.1) is 11.3 Å². The molecule has 4 rings (SSSR count).